The molecule has 2 N–H and O–H groups in total. The molecule has 1 rings (SSSR count). The van der Waals surface area contributed by atoms with E-state index in [-0.39, 0.29) is 11.8 Å². The molecule has 0 saturated carbocycles. The van der Waals surface area contributed by atoms with Crippen molar-refractivity contribution in [3.63, 3.8) is 0 Å². The van der Waals surface area contributed by atoms with Gasteiger partial charge in [0.2, 0.25) is 5.91 Å². The van der Waals surface area contributed by atoms with Crippen molar-refractivity contribution in [3.8, 4) is 0 Å². The fourth-order valence-electron chi connectivity index (χ4n) is 1.39. The van der Waals surface area contributed by atoms with Crippen molar-refractivity contribution in [2.45, 2.75) is 26.3 Å². The molecule has 5 heteroatoms. The Labute approximate surface area is 120 Å². The molecule has 0 fully saturated rings. The number of amides is 1. The summed E-state index contributed by atoms with van der Waals surface area (Å²) < 4.78 is 1.09. The first kappa shape index (κ1) is 14.9. The lowest BCUT2D eigenvalue weighted by molar-refractivity contribution is -0.142. The van der Waals surface area contributed by atoms with Crippen LogP contribution in [0.4, 0.5) is 0 Å². The number of carboxylic acid groups (broad SMARTS) is 1. The highest BCUT2D eigenvalue weighted by Crippen LogP contribution is 2.09. The molecule has 0 aliphatic carbocycles. The molecule has 1 aromatic carbocycles. The van der Waals surface area contributed by atoms with Crippen molar-refractivity contribution in [3.05, 3.63) is 33.4 Å². The number of carboxylic acids is 1. The smallest absolute Gasteiger partial charge is 0.326 e. The first-order chi connectivity index (χ1) is 8.40. The first-order valence-electron chi connectivity index (χ1n) is 5.67. The van der Waals surface area contributed by atoms with Crippen LogP contribution in [0.5, 0.6) is 0 Å². The van der Waals surface area contributed by atoms with Gasteiger partial charge in [-0.1, -0.05) is 26.0 Å². The van der Waals surface area contributed by atoms with Crippen LogP contribution in [0.3, 0.4) is 0 Å². The van der Waals surface area contributed by atoms with E-state index < -0.39 is 12.0 Å². The zero-order valence-corrected chi connectivity index (χ0v) is 12.5. The SMILES string of the molecule is CC(C)C(=O)N[C@H](Cc1ccc(I)cc1)C(=O)O. The Morgan fingerprint density at radius 1 is 1.28 bits per heavy atom. The van der Waals surface area contributed by atoms with Crippen molar-refractivity contribution < 1.29 is 14.7 Å². The van der Waals surface area contributed by atoms with Gasteiger partial charge in [-0.25, -0.2) is 4.79 Å². The Bertz CT molecular complexity index is 428. The predicted octanol–water partition coefficient (Wildman–Crippen LogP) is 2.06. The van der Waals surface area contributed by atoms with Crippen LogP contribution in [0, 0.1) is 9.49 Å². The average molecular weight is 361 g/mol. The lowest BCUT2D eigenvalue weighted by Gasteiger charge is -2.16. The first-order valence-corrected chi connectivity index (χ1v) is 6.75. The predicted molar refractivity (Wildman–Crippen MR) is 77.3 cm³/mol. The molecular formula is C13H16INO3. The molecule has 1 amide bonds. The van der Waals surface area contributed by atoms with E-state index >= 15 is 0 Å². The molecule has 98 valence electrons. The van der Waals surface area contributed by atoms with E-state index in [1.54, 1.807) is 13.8 Å². The second-order valence-corrected chi connectivity index (χ2v) is 5.63. The summed E-state index contributed by atoms with van der Waals surface area (Å²) in [6, 6.07) is 6.70. The number of hydrogen-bond acceptors (Lipinski definition) is 2. The molecule has 0 spiro atoms. The number of rotatable bonds is 5. The Morgan fingerprint density at radius 2 is 1.83 bits per heavy atom. The number of aliphatic carboxylic acids is 1. The number of nitrogens with one attached hydrogen (secondary N) is 1. The zero-order valence-electron chi connectivity index (χ0n) is 10.3. The van der Waals surface area contributed by atoms with Gasteiger partial charge in [-0.3, -0.25) is 4.79 Å². The minimum Gasteiger partial charge on any atom is -0.480 e. The van der Waals surface area contributed by atoms with E-state index in [0.717, 1.165) is 9.13 Å². The van der Waals surface area contributed by atoms with E-state index in [2.05, 4.69) is 27.9 Å². The maximum atomic E-state index is 11.5. The van der Waals surface area contributed by atoms with Crippen molar-refractivity contribution >= 4 is 34.5 Å². The summed E-state index contributed by atoms with van der Waals surface area (Å²) >= 11 is 2.19. The molecule has 1 atom stereocenters. The van der Waals surface area contributed by atoms with Gasteiger partial charge in [0, 0.05) is 15.9 Å². The van der Waals surface area contributed by atoms with Crippen LogP contribution in [0.2, 0.25) is 0 Å². The third-order valence-corrected chi connectivity index (χ3v) is 3.21. The maximum absolute atomic E-state index is 11.5. The summed E-state index contributed by atoms with van der Waals surface area (Å²) in [7, 11) is 0. The van der Waals surface area contributed by atoms with Gasteiger partial charge < -0.3 is 10.4 Å². The molecule has 0 saturated heterocycles. The Hall–Kier alpha value is -1.11. The summed E-state index contributed by atoms with van der Waals surface area (Å²) in [4.78, 5) is 22.6. The van der Waals surface area contributed by atoms with Gasteiger partial charge in [0.1, 0.15) is 6.04 Å². The monoisotopic (exact) mass is 361 g/mol. The van der Waals surface area contributed by atoms with Crippen molar-refractivity contribution in [1.82, 2.24) is 5.32 Å². The third-order valence-electron chi connectivity index (χ3n) is 2.49. The lowest BCUT2D eigenvalue weighted by atomic mass is 10.1. The Kier molecular flexibility index (Phi) is 5.58. The molecule has 0 radical (unpaired) electrons. The van der Waals surface area contributed by atoms with Gasteiger partial charge in [0.05, 0.1) is 0 Å². The van der Waals surface area contributed by atoms with Crippen LogP contribution in [-0.4, -0.2) is 23.0 Å². The van der Waals surface area contributed by atoms with Crippen molar-refractivity contribution in [1.29, 1.82) is 0 Å². The van der Waals surface area contributed by atoms with Crippen LogP contribution >= 0.6 is 22.6 Å². The number of hydrogen-bond donors (Lipinski definition) is 2. The number of carbonyl (C=O) groups excluding carboxylic acids is 1. The lowest BCUT2D eigenvalue weighted by Crippen LogP contribution is -2.44. The number of benzene rings is 1. The average Bonchev–Trinajstić information content (AvgIpc) is 2.30. The molecule has 0 aromatic heterocycles. The maximum Gasteiger partial charge on any atom is 0.326 e. The highest BCUT2D eigenvalue weighted by molar-refractivity contribution is 14.1. The van der Waals surface area contributed by atoms with E-state index in [4.69, 9.17) is 5.11 Å². The largest absolute Gasteiger partial charge is 0.480 e. The standard InChI is InChI=1S/C13H16INO3/c1-8(2)12(16)15-11(13(17)18)7-9-3-5-10(14)6-4-9/h3-6,8,11H,7H2,1-2H3,(H,15,16)(H,17,18)/t11-/m1/s1. The molecule has 0 bridgehead atoms. The molecule has 1 aromatic rings. The van der Waals surface area contributed by atoms with E-state index in [1.807, 2.05) is 24.3 Å². The summed E-state index contributed by atoms with van der Waals surface area (Å²) in [6.45, 7) is 3.47. The fraction of sp³-hybridized carbons (Fsp3) is 0.385. The molecule has 0 heterocycles. The van der Waals surface area contributed by atoms with Gasteiger partial charge in [-0.2, -0.15) is 0 Å². The minimum atomic E-state index is -1.01. The normalized spacial score (nSPS) is 12.2. The quantitative estimate of drug-likeness (QED) is 0.789. The molecule has 0 aliphatic rings. The van der Waals surface area contributed by atoms with Gasteiger partial charge in [-0.15, -0.1) is 0 Å². The number of halogens is 1. The second kappa shape index (κ2) is 6.72. The van der Waals surface area contributed by atoms with Crippen LogP contribution in [0.15, 0.2) is 24.3 Å². The summed E-state index contributed by atoms with van der Waals surface area (Å²) in [5, 5.41) is 11.6. The van der Waals surface area contributed by atoms with Crippen LogP contribution in [0.1, 0.15) is 19.4 Å². The molecule has 18 heavy (non-hydrogen) atoms. The second-order valence-electron chi connectivity index (χ2n) is 4.38. The van der Waals surface area contributed by atoms with E-state index in [9.17, 15) is 9.59 Å². The summed E-state index contributed by atoms with van der Waals surface area (Å²) in [5.41, 5.74) is 0.895. The topological polar surface area (TPSA) is 66.4 Å². The molecular weight excluding hydrogens is 345 g/mol. The third kappa shape index (κ3) is 4.64. The van der Waals surface area contributed by atoms with Crippen molar-refractivity contribution in [2.24, 2.45) is 5.92 Å². The van der Waals surface area contributed by atoms with Crippen LogP contribution in [0.25, 0.3) is 0 Å². The fourth-order valence-corrected chi connectivity index (χ4v) is 1.75. The molecule has 0 unspecified atom stereocenters. The molecule has 4 nitrogen and oxygen atoms in total. The zero-order chi connectivity index (χ0) is 13.7. The van der Waals surface area contributed by atoms with Gasteiger partial charge in [0.15, 0.2) is 0 Å². The number of carbonyl (C=O) groups is 2. The van der Waals surface area contributed by atoms with Crippen molar-refractivity contribution in [2.75, 3.05) is 0 Å². The highest BCUT2D eigenvalue weighted by atomic mass is 127. The summed E-state index contributed by atoms with van der Waals surface area (Å²) in [6.07, 6.45) is 0.296. The van der Waals surface area contributed by atoms with E-state index in [0.29, 0.717) is 6.42 Å². The Morgan fingerprint density at radius 3 is 2.28 bits per heavy atom. The molecule has 0 aliphatic heterocycles. The minimum absolute atomic E-state index is 0.219. The van der Waals surface area contributed by atoms with Gasteiger partial charge >= 0.3 is 5.97 Å². The van der Waals surface area contributed by atoms with Crippen LogP contribution in [-0.2, 0) is 16.0 Å². The van der Waals surface area contributed by atoms with E-state index in [1.165, 1.54) is 0 Å². The van der Waals surface area contributed by atoms with Crippen LogP contribution < -0.4 is 5.32 Å². The summed E-state index contributed by atoms with van der Waals surface area (Å²) in [5.74, 6) is -1.47. The highest BCUT2D eigenvalue weighted by Gasteiger charge is 2.21. The van der Waals surface area contributed by atoms with Gasteiger partial charge in [-0.05, 0) is 40.3 Å². The van der Waals surface area contributed by atoms with Gasteiger partial charge in [0.25, 0.3) is 0 Å². The Balaban J connectivity index is 2.72.